The van der Waals surface area contributed by atoms with Gasteiger partial charge < -0.3 is 4.52 Å². The molecule has 0 aliphatic heterocycles. The Kier molecular flexibility index (Phi) is 10.3. The van der Waals surface area contributed by atoms with Crippen LogP contribution in [0.2, 0.25) is 0 Å². The summed E-state index contributed by atoms with van der Waals surface area (Å²) in [6, 6.07) is 16.7. The van der Waals surface area contributed by atoms with Gasteiger partial charge in [0.2, 0.25) is 0 Å². The van der Waals surface area contributed by atoms with Crippen LogP contribution < -0.4 is 10.0 Å². The molecule has 25 heavy (non-hydrogen) atoms. The van der Waals surface area contributed by atoms with E-state index in [0.717, 1.165) is 13.2 Å². The molecule has 0 saturated heterocycles. The third-order valence-electron chi connectivity index (χ3n) is 3.01. The van der Waals surface area contributed by atoms with E-state index in [1.807, 2.05) is 6.92 Å². The lowest BCUT2D eigenvalue weighted by molar-refractivity contribution is 0.386. The van der Waals surface area contributed by atoms with Crippen molar-refractivity contribution in [1.29, 1.82) is 0 Å². The minimum Gasteiger partial charge on any atom is -0.355 e. The molecule has 5 heteroatoms. The highest BCUT2D eigenvalue weighted by molar-refractivity contribution is 7.98. The van der Waals surface area contributed by atoms with Crippen molar-refractivity contribution in [1.82, 2.24) is 4.72 Å². The third kappa shape index (κ3) is 10.6. The molecule has 0 fully saturated rings. The average molecular weight is 381 g/mol. The number of halogens is 1. The first kappa shape index (κ1) is 22.1. The summed E-state index contributed by atoms with van der Waals surface area (Å²) in [5.41, 5.74) is 1.32. The lowest BCUT2D eigenvalue weighted by Crippen LogP contribution is -2.16. The second-order valence-electron chi connectivity index (χ2n) is 6.41. The Labute approximate surface area is 157 Å². The maximum atomic E-state index is 11.9. The molecule has 2 aromatic rings. The van der Waals surface area contributed by atoms with Gasteiger partial charge in [0.1, 0.15) is 5.82 Å². The highest BCUT2D eigenvalue weighted by atomic mass is 32.2. The van der Waals surface area contributed by atoms with Crippen molar-refractivity contribution >= 4 is 25.4 Å². The minimum atomic E-state index is -0.445. The number of hydrogen-bond donors (Lipinski definition) is 1. The zero-order valence-corrected chi connectivity index (χ0v) is 17.5. The van der Waals surface area contributed by atoms with Gasteiger partial charge in [-0.15, -0.1) is 0 Å². The van der Waals surface area contributed by atoms with Crippen LogP contribution in [-0.2, 0) is 11.1 Å². The molecule has 1 unspecified atom stereocenters. The van der Waals surface area contributed by atoms with Crippen LogP contribution in [0.25, 0.3) is 0 Å². The van der Waals surface area contributed by atoms with E-state index >= 15 is 0 Å². The summed E-state index contributed by atoms with van der Waals surface area (Å²) in [5, 5.41) is 1.30. The zero-order chi connectivity index (χ0) is 18.7. The zero-order valence-electron chi connectivity index (χ0n) is 15.8. The Morgan fingerprint density at radius 3 is 2.08 bits per heavy atom. The molecule has 0 radical (unpaired) electrons. The van der Waals surface area contributed by atoms with Crippen molar-refractivity contribution in [3.63, 3.8) is 0 Å². The molecular weight excluding hydrogens is 352 g/mol. The molecular formula is C20H29FNOPS. The topological polar surface area (TPSA) is 21.3 Å². The largest absolute Gasteiger partial charge is 0.355 e. The molecule has 2 aromatic carbocycles. The maximum Gasteiger partial charge on any atom is 0.123 e. The first-order chi connectivity index (χ1) is 11.8. The Bertz CT molecular complexity index is 587. The standard InChI is InChI=1S/C14H24NOPS.C6H5F/c1-6-16-17(5)13-9-7-12(8-10-13)11-15-18-14(2,3)4;7-6-4-2-1-3-5-6/h7-10,15H,6,11H2,1-5H3;1-5H. The van der Waals surface area contributed by atoms with Crippen LogP contribution in [-0.4, -0.2) is 18.0 Å². The molecule has 2 nitrogen and oxygen atoms in total. The number of hydrogen-bond acceptors (Lipinski definition) is 3. The Morgan fingerprint density at radius 2 is 1.64 bits per heavy atom. The van der Waals surface area contributed by atoms with E-state index < -0.39 is 8.15 Å². The van der Waals surface area contributed by atoms with Gasteiger partial charge >= 0.3 is 0 Å². The van der Waals surface area contributed by atoms with Gasteiger partial charge in [0, 0.05) is 23.2 Å². The first-order valence-corrected chi connectivity index (χ1v) is 10.9. The molecule has 0 aliphatic carbocycles. The van der Waals surface area contributed by atoms with Crippen molar-refractivity contribution < 1.29 is 8.91 Å². The van der Waals surface area contributed by atoms with E-state index in [1.165, 1.54) is 23.0 Å². The Balaban J connectivity index is 0.000000370. The first-order valence-electron chi connectivity index (χ1n) is 8.39. The fourth-order valence-electron chi connectivity index (χ4n) is 1.84. The van der Waals surface area contributed by atoms with Crippen LogP contribution in [0, 0.1) is 5.82 Å². The summed E-state index contributed by atoms with van der Waals surface area (Å²) in [5.74, 6) is -0.178. The SMILES string of the molecule is CCOP(C)c1ccc(CNSC(C)(C)C)cc1.Fc1ccccc1. The van der Waals surface area contributed by atoms with E-state index in [1.54, 1.807) is 30.1 Å². The van der Waals surface area contributed by atoms with Crippen molar-refractivity contribution in [2.75, 3.05) is 13.3 Å². The lowest BCUT2D eigenvalue weighted by atomic mass is 10.2. The van der Waals surface area contributed by atoms with Crippen molar-refractivity contribution in [3.8, 4) is 0 Å². The maximum absolute atomic E-state index is 11.9. The molecule has 0 saturated carbocycles. The van der Waals surface area contributed by atoms with Gasteiger partial charge in [0.05, 0.1) is 8.15 Å². The van der Waals surface area contributed by atoms with E-state index in [0.29, 0.717) is 0 Å². The van der Waals surface area contributed by atoms with Crippen LogP contribution in [0.4, 0.5) is 4.39 Å². The van der Waals surface area contributed by atoms with Crippen LogP contribution in [0.5, 0.6) is 0 Å². The summed E-state index contributed by atoms with van der Waals surface area (Å²) in [7, 11) is -0.445. The van der Waals surface area contributed by atoms with E-state index in [-0.39, 0.29) is 10.6 Å². The molecule has 138 valence electrons. The summed E-state index contributed by atoms with van der Waals surface area (Å²) >= 11 is 1.78. The van der Waals surface area contributed by atoms with Gasteiger partial charge in [-0.3, -0.25) is 4.72 Å². The van der Waals surface area contributed by atoms with Crippen molar-refractivity contribution in [2.45, 2.75) is 39.0 Å². The fourth-order valence-corrected chi connectivity index (χ4v) is 3.62. The fraction of sp³-hybridized carbons (Fsp3) is 0.400. The number of rotatable bonds is 6. The van der Waals surface area contributed by atoms with E-state index in [4.69, 9.17) is 4.52 Å². The summed E-state index contributed by atoms with van der Waals surface area (Å²) < 4.78 is 21.2. The molecule has 0 spiro atoms. The van der Waals surface area contributed by atoms with Gasteiger partial charge in [-0.1, -0.05) is 54.4 Å². The van der Waals surface area contributed by atoms with Crippen molar-refractivity contribution in [3.05, 3.63) is 66.0 Å². The van der Waals surface area contributed by atoms with Crippen LogP contribution in [0.3, 0.4) is 0 Å². The highest BCUT2D eigenvalue weighted by Crippen LogP contribution is 2.30. The molecule has 0 aromatic heterocycles. The highest BCUT2D eigenvalue weighted by Gasteiger charge is 2.10. The third-order valence-corrected chi connectivity index (χ3v) is 5.58. The van der Waals surface area contributed by atoms with Crippen LogP contribution >= 0.6 is 20.1 Å². The van der Waals surface area contributed by atoms with Gasteiger partial charge in [0.25, 0.3) is 0 Å². The van der Waals surface area contributed by atoms with Crippen LogP contribution in [0.1, 0.15) is 33.3 Å². The predicted octanol–water partition coefficient (Wildman–Crippen LogP) is 5.74. The molecule has 0 amide bonds. The summed E-state index contributed by atoms with van der Waals surface area (Å²) in [4.78, 5) is 0. The summed E-state index contributed by atoms with van der Waals surface area (Å²) in [6.45, 7) is 12.5. The molecule has 1 atom stereocenters. The molecule has 0 heterocycles. The quantitative estimate of drug-likeness (QED) is 0.509. The smallest absolute Gasteiger partial charge is 0.123 e. The average Bonchev–Trinajstić information content (AvgIpc) is 2.56. The Morgan fingerprint density at radius 1 is 1.04 bits per heavy atom. The second-order valence-corrected chi connectivity index (χ2v) is 9.90. The van der Waals surface area contributed by atoms with E-state index in [2.05, 4.69) is 56.4 Å². The van der Waals surface area contributed by atoms with Gasteiger partial charge in [-0.2, -0.15) is 0 Å². The monoisotopic (exact) mass is 381 g/mol. The van der Waals surface area contributed by atoms with Gasteiger partial charge in [-0.25, -0.2) is 4.39 Å². The molecule has 2 rings (SSSR count). The number of benzene rings is 2. The second kappa shape index (κ2) is 11.6. The van der Waals surface area contributed by atoms with Crippen molar-refractivity contribution in [2.24, 2.45) is 0 Å². The van der Waals surface area contributed by atoms with E-state index in [9.17, 15) is 4.39 Å². The lowest BCUT2D eigenvalue weighted by Gasteiger charge is -2.18. The van der Waals surface area contributed by atoms with Crippen LogP contribution in [0.15, 0.2) is 54.6 Å². The minimum absolute atomic E-state index is 0.178. The number of nitrogens with one attached hydrogen (secondary N) is 1. The predicted molar refractivity (Wildman–Crippen MR) is 111 cm³/mol. The molecule has 0 aliphatic rings. The Hall–Kier alpha value is -0.930. The van der Waals surface area contributed by atoms with Gasteiger partial charge in [-0.05, 0) is 52.1 Å². The van der Waals surface area contributed by atoms with Gasteiger partial charge in [0.15, 0.2) is 0 Å². The molecule has 1 N–H and O–H groups in total. The summed E-state index contributed by atoms with van der Waals surface area (Å²) in [6.07, 6.45) is 0. The molecule has 0 bridgehead atoms. The normalized spacial score (nSPS) is 12.2.